The van der Waals surface area contributed by atoms with Crippen LogP contribution in [0.25, 0.3) is 0 Å². The fraction of sp³-hybridized carbons (Fsp3) is 0.556. The number of alkyl carbamates (subject to hydrolysis) is 1. The smallest absolute Gasteiger partial charge is 0.408 e. The highest BCUT2D eigenvalue weighted by molar-refractivity contribution is 5.80. The highest BCUT2D eigenvalue weighted by Gasteiger charge is 2.19. The minimum absolute atomic E-state index is 0.0669. The molecule has 0 aliphatic heterocycles. The Bertz CT molecular complexity index is 254. The SMILES string of the molecule is C#CCC(NC(=O)OC(C)C)C(=O)O. The average molecular weight is 199 g/mol. The summed E-state index contributed by atoms with van der Waals surface area (Å²) in [5.74, 6) is 0.980. The molecule has 1 unspecified atom stereocenters. The van der Waals surface area contributed by atoms with Gasteiger partial charge in [-0.25, -0.2) is 9.59 Å². The Hall–Kier alpha value is -1.70. The number of terminal acetylenes is 1. The fourth-order valence-electron chi connectivity index (χ4n) is 0.708. The molecule has 0 spiro atoms. The summed E-state index contributed by atoms with van der Waals surface area (Å²) in [5, 5.41) is 10.8. The van der Waals surface area contributed by atoms with E-state index in [0.717, 1.165) is 0 Å². The molecule has 1 amide bonds. The summed E-state index contributed by atoms with van der Waals surface area (Å²) in [7, 11) is 0. The largest absolute Gasteiger partial charge is 0.480 e. The Morgan fingerprint density at radius 3 is 2.50 bits per heavy atom. The third-order valence-electron chi connectivity index (χ3n) is 1.25. The lowest BCUT2D eigenvalue weighted by molar-refractivity contribution is -0.139. The van der Waals surface area contributed by atoms with Gasteiger partial charge < -0.3 is 15.2 Å². The van der Waals surface area contributed by atoms with Crippen molar-refractivity contribution in [2.24, 2.45) is 0 Å². The summed E-state index contributed by atoms with van der Waals surface area (Å²) in [4.78, 5) is 21.5. The van der Waals surface area contributed by atoms with Gasteiger partial charge in [0.05, 0.1) is 6.10 Å². The maximum Gasteiger partial charge on any atom is 0.408 e. The quantitative estimate of drug-likeness (QED) is 0.650. The van der Waals surface area contributed by atoms with Crippen LogP contribution in [0.1, 0.15) is 20.3 Å². The molecule has 5 nitrogen and oxygen atoms in total. The summed E-state index contributed by atoms with van der Waals surface area (Å²) in [6, 6.07) is -1.09. The van der Waals surface area contributed by atoms with Crippen molar-refractivity contribution in [1.82, 2.24) is 5.32 Å². The second kappa shape index (κ2) is 5.86. The fourth-order valence-corrected chi connectivity index (χ4v) is 0.708. The molecule has 0 aliphatic carbocycles. The van der Waals surface area contributed by atoms with Gasteiger partial charge in [0.2, 0.25) is 0 Å². The molecule has 0 rings (SSSR count). The Labute approximate surface area is 82.4 Å². The van der Waals surface area contributed by atoms with E-state index in [1.54, 1.807) is 13.8 Å². The van der Waals surface area contributed by atoms with Crippen LogP contribution < -0.4 is 5.32 Å². The van der Waals surface area contributed by atoms with Crippen LogP contribution in [0.3, 0.4) is 0 Å². The lowest BCUT2D eigenvalue weighted by Gasteiger charge is -2.13. The van der Waals surface area contributed by atoms with Gasteiger partial charge in [0, 0.05) is 6.42 Å². The van der Waals surface area contributed by atoms with Gasteiger partial charge in [-0.05, 0) is 13.8 Å². The second-order valence-electron chi connectivity index (χ2n) is 2.90. The van der Waals surface area contributed by atoms with Gasteiger partial charge in [-0.2, -0.15) is 0 Å². The van der Waals surface area contributed by atoms with Crippen LogP contribution in [0, 0.1) is 12.3 Å². The molecule has 5 heteroatoms. The van der Waals surface area contributed by atoms with Gasteiger partial charge in [-0.15, -0.1) is 12.3 Å². The van der Waals surface area contributed by atoms with Crippen molar-refractivity contribution in [3.05, 3.63) is 0 Å². The predicted octanol–water partition coefficient (Wildman–Crippen LogP) is 0.597. The molecule has 0 radical (unpaired) electrons. The number of carboxylic acids is 1. The van der Waals surface area contributed by atoms with E-state index in [4.69, 9.17) is 16.3 Å². The molecule has 0 aromatic rings. The molecule has 0 aliphatic rings. The van der Waals surface area contributed by atoms with E-state index in [1.165, 1.54) is 0 Å². The van der Waals surface area contributed by atoms with Crippen LogP contribution in [-0.2, 0) is 9.53 Å². The Kier molecular flexibility index (Phi) is 5.15. The number of nitrogens with one attached hydrogen (secondary N) is 1. The molecular weight excluding hydrogens is 186 g/mol. The van der Waals surface area contributed by atoms with Crippen molar-refractivity contribution in [3.8, 4) is 12.3 Å². The number of hydrogen-bond donors (Lipinski definition) is 2. The topological polar surface area (TPSA) is 75.6 Å². The van der Waals surface area contributed by atoms with Crippen LogP contribution in [-0.4, -0.2) is 29.3 Å². The summed E-state index contributed by atoms with van der Waals surface area (Å²) in [6.07, 6.45) is 3.80. The number of carboxylic acid groups (broad SMARTS) is 1. The number of hydrogen-bond acceptors (Lipinski definition) is 3. The Morgan fingerprint density at radius 1 is 1.57 bits per heavy atom. The summed E-state index contributed by atoms with van der Waals surface area (Å²) in [6.45, 7) is 3.33. The van der Waals surface area contributed by atoms with Crippen LogP contribution in [0.5, 0.6) is 0 Å². The van der Waals surface area contributed by atoms with Crippen molar-refractivity contribution in [2.75, 3.05) is 0 Å². The molecule has 14 heavy (non-hydrogen) atoms. The molecule has 0 fully saturated rings. The van der Waals surface area contributed by atoms with E-state index in [1.807, 2.05) is 0 Å². The van der Waals surface area contributed by atoms with Gasteiger partial charge in [0.1, 0.15) is 6.04 Å². The van der Waals surface area contributed by atoms with Crippen molar-refractivity contribution >= 4 is 12.1 Å². The monoisotopic (exact) mass is 199 g/mol. The highest BCUT2D eigenvalue weighted by atomic mass is 16.6. The molecule has 0 aromatic carbocycles. The van der Waals surface area contributed by atoms with Crippen molar-refractivity contribution in [1.29, 1.82) is 0 Å². The van der Waals surface area contributed by atoms with E-state index >= 15 is 0 Å². The molecule has 0 bridgehead atoms. The van der Waals surface area contributed by atoms with E-state index in [-0.39, 0.29) is 12.5 Å². The number of aliphatic carboxylic acids is 1. The van der Waals surface area contributed by atoms with Gasteiger partial charge in [-0.1, -0.05) is 0 Å². The minimum atomic E-state index is -1.18. The third-order valence-corrected chi connectivity index (χ3v) is 1.25. The highest BCUT2D eigenvalue weighted by Crippen LogP contribution is 1.94. The van der Waals surface area contributed by atoms with Crippen LogP contribution >= 0.6 is 0 Å². The van der Waals surface area contributed by atoms with Crippen molar-refractivity contribution in [2.45, 2.75) is 32.4 Å². The maximum atomic E-state index is 11.0. The summed E-state index contributed by atoms with van der Waals surface area (Å²) < 4.78 is 4.70. The summed E-state index contributed by atoms with van der Waals surface area (Å²) in [5.41, 5.74) is 0. The Morgan fingerprint density at radius 2 is 2.14 bits per heavy atom. The zero-order valence-electron chi connectivity index (χ0n) is 8.11. The van der Waals surface area contributed by atoms with Gasteiger partial charge in [-0.3, -0.25) is 0 Å². The molecule has 78 valence electrons. The average Bonchev–Trinajstić information content (AvgIpc) is 2.01. The van der Waals surface area contributed by atoms with Crippen molar-refractivity contribution in [3.63, 3.8) is 0 Å². The third kappa shape index (κ3) is 5.04. The molecule has 0 heterocycles. The second-order valence-corrected chi connectivity index (χ2v) is 2.90. The van der Waals surface area contributed by atoms with Crippen molar-refractivity contribution < 1.29 is 19.4 Å². The number of ether oxygens (including phenoxy) is 1. The van der Waals surface area contributed by atoms with Gasteiger partial charge in [0.15, 0.2) is 0 Å². The number of carbonyl (C=O) groups is 2. The minimum Gasteiger partial charge on any atom is -0.480 e. The molecule has 2 N–H and O–H groups in total. The van der Waals surface area contributed by atoms with E-state index < -0.39 is 18.1 Å². The molecular formula is C9H13NO4. The van der Waals surface area contributed by atoms with E-state index in [0.29, 0.717) is 0 Å². The first-order valence-electron chi connectivity index (χ1n) is 4.10. The number of rotatable bonds is 4. The van der Waals surface area contributed by atoms with Crippen LogP contribution in [0.2, 0.25) is 0 Å². The first kappa shape index (κ1) is 12.3. The zero-order chi connectivity index (χ0) is 11.1. The van der Waals surface area contributed by atoms with Crippen LogP contribution in [0.4, 0.5) is 4.79 Å². The molecule has 1 atom stereocenters. The molecule has 0 aromatic heterocycles. The predicted molar refractivity (Wildman–Crippen MR) is 49.6 cm³/mol. The van der Waals surface area contributed by atoms with Gasteiger partial charge >= 0.3 is 12.1 Å². The molecule has 0 saturated heterocycles. The zero-order valence-corrected chi connectivity index (χ0v) is 8.11. The lowest BCUT2D eigenvalue weighted by Crippen LogP contribution is -2.41. The lowest BCUT2D eigenvalue weighted by atomic mass is 10.2. The van der Waals surface area contributed by atoms with Gasteiger partial charge in [0.25, 0.3) is 0 Å². The van der Waals surface area contributed by atoms with Crippen LogP contribution in [0.15, 0.2) is 0 Å². The normalized spacial score (nSPS) is 11.6. The first-order chi connectivity index (χ1) is 6.47. The maximum absolute atomic E-state index is 11.0. The number of carbonyl (C=O) groups excluding carboxylic acids is 1. The summed E-state index contributed by atoms with van der Waals surface area (Å²) >= 11 is 0. The number of amides is 1. The molecule has 0 saturated carbocycles. The Balaban J connectivity index is 4.11. The van der Waals surface area contributed by atoms with E-state index in [2.05, 4.69) is 11.2 Å². The van der Waals surface area contributed by atoms with E-state index in [9.17, 15) is 9.59 Å². The standard InChI is InChI=1S/C9H13NO4/c1-4-5-7(8(11)12)10-9(13)14-6(2)3/h1,6-7H,5H2,2-3H3,(H,10,13)(H,11,12). The first-order valence-corrected chi connectivity index (χ1v) is 4.10.